The van der Waals surface area contributed by atoms with Gasteiger partial charge in [0.1, 0.15) is 5.60 Å². The molecular weight excluding hydrogens is 302 g/mol. The van der Waals surface area contributed by atoms with E-state index in [1.165, 1.54) is 6.42 Å². The van der Waals surface area contributed by atoms with Gasteiger partial charge in [0, 0.05) is 24.2 Å². The van der Waals surface area contributed by atoms with E-state index in [2.05, 4.69) is 11.8 Å². The van der Waals surface area contributed by atoms with Crippen molar-refractivity contribution in [2.75, 3.05) is 13.1 Å². The number of nitrogens with zero attached hydrogens (tertiary/aromatic N) is 1. The Labute approximate surface area is 143 Å². The fraction of sp³-hybridized carbons (Fsp3) is 0.550. The second-order valence-electron chi connectivity index (χ2n) is 6.94. The van der Waals surface area contributed by atoms with Gasteiger partial charge >= 0.3 is 0 Å². The molecule has 1 aromatic rings. The van der Waals surface area contributed by atoms with E-state index in [-0.39, 0.29) is 12.0 Å². The summed E-state index contributed by atoms with van der Waals surface area (Å²) in [6, 6.07) is 7.26. The molecule has 0 spiro atoms. The van der Waals surface area contributed by atoms with Gasteiger partial charge in [-0.2, -0.15) is 0 Å². The van der Waals surface area contributed by atoms with Crippen LogP contribution in [-0.4, -0.2) is 45.8 Å². The van der Waals surface area contributed by atoms with Gasteiger partial charge < -0.3 is 15.1 Å². The molecule has 1 aromatic carbocycles. The number of aliphatic hydroxyl groups excluding tert-OH is 1. The van der Waals surface area contributed by atoms with Gasteiger partial charge in [-0.15, -0.1) is 0 Å². The summed E-state index contributed by atoms with van der Waals surface area (Å²) in [6.45, 7) is 1.21. The molecule has 24 heavy (non-hydrogen) atoms. The van der Waals surface area contributed by atoms with E-state index >= 15 is 0 Å². The first-order chi connectivity index (χ1) is 11.6. The molecule has 1 saturated carbocycles. The number of hydrogen-bond donors (Lipinski definition) is 2. The Morgan fingerprint density at radius 2 is 1.71 bits per heavy atom. The van der Waals surface area contributed by atoms with Crippen molar-refractivity contribution in [3.05, 3.63) is 35.4 Å². The van der Waals surface area contributed by atoms with Gasteiger partial charge in [-0.25, -0.2) is 0 Å². The first-order valence-electron chi connectivity index (χ1n) is 8.89. The van der Waals surface area contributed by atoms with Crippen molar-refractivity contribution in [3.8, 4) is 11.8 Å². The molecule has 0 unspecified atom stereocenters. The van der Waals surface area contributed by atoms with Gasteiger partial charge in [0.2, 0.25) is 0 Å². The minimum atomic E-state index is -0.846. The predicted octanol–water partition coefficient (Wildman–Crippen LogP) is 2.33. The maximum atomic E-state index is 12.4. The highest BCUT2D eigenvalue weighted by molar-refractivity contribution is 5.94. The van der Waals surface area contributed by atoms with Crippen LogP contribution in [0.3, 0.4) is 0 Å². The predicted molar refractivity (Wildman–Crippen MR) is 92.5 cm³/mol. The molecule has 0 aromatic heterocycles. The van der Waals surface area contributed by atoms with Crippen molar-refractivity contribution < 1.29 is 15.0 Å². The van der Waals surface area contributed by atoms with Gasteiger partial charge in [0.25, 0.3) is 5.91 Å². The summed E-state index contributed by atoms with van der Waals surface area (Å²) in [5, 5.41) is 19.9. The molecule has 0 radical (unpaired) electrons. The summed E-state index contributed by atoms with van der Waals surface area (Å²) in [6.07, 6.45) is 5.74. The lowest BCUT2D eigenvalue weighted by Crippen LogP contribution is -2.40. The molecule has 4 nitrogen and oxygen atoms in total. The Bertz CT molecular complexity index is 627. The highest BCUT2D eigenvalue weighted by atomic mass is 16.3. The Morgan fingerprint density at radius 1 is 1.08 bits per heavy atom. The minimum Gasteiger partial charge on any atom is -0.393 e. The third kappa shape index (κ3) is 4.17. The molecule has 128 valence electrons. The number of likely N-dealkylation sites (tertiary alicyclic amines) is 1. The van der Waals surface area contributed by atoms with Crippen LogP contribution in [0.5, 0.6) is 0 Å². The number of benzene rings is 1. The SMILES string of the molecule is O=C(c1ccc(C#CC2(O)CCCCC2)cc1)N1CCC(O)CC1. The van der Waals surface area contributed by atoms with Crippen molar-refractivity contribution >= 4 is 5.91 Å². The molecule has 1 saturated heterocycles. The first kappa shape index (κ1) is 17.0. The fourth-order valence-corrected chi connectivity index (χ4v) is 3.40. The number of rotatable bonds is 1. The van der Waals surface area contributed by atoms with Gasteiger partial charge in [0.05, 0.1) is 6.10 Å². The third-order valence-electron chi connectivity index (χ3n) is 5.00. The maximum absolute atomic E-state index is 12.4. The van der Waals surface area contributed by atoms with E-state index in [1.54, 1.807) is 17.0 Å². The number of carbonyl (C=O) groups is 1. The zero-order chi connectivity index (χ0) is 17.0. The summed E-state index contributed by atoms with van der Waals surface area (Å²) in [4.78, 5) is 14.2. The van der Waals surface area contributed by atoms with E-state index in [0.29, 0.717) is 31.5 Å². The molecule has 1 aliphatic heterocycles. The summed E-state index contributed by atoms with van der Waals surface area (Å²) < 4.78 is 0. The average molecular weight is 327 g/mol. The van der Waals surface area contributed by atoms with Crippen molar-refractivity contribution in [1.82, 2.24) is 4.90 Å². The summed E-state index contributed by atoms with van der Waals surface area (Å²) >= 11 is 0. The van der Waals surface area contributed by atoms with E-state index in [0.717, 1.165) is 31.2 Å². The molecule has 2 aliphatic rings. The van der Waals surface area contributed by atoms with Crippen molar-refractivity contribution in [3.63, 3.8) is 0 Å². The molecule has 0 bridgehead atoms. The Kier molecular flexibility index (Phi) is 5.23. The smallest absolute Gasteiger partial charge is 0.253 e. The number of piperidine rings is 1. The average Bonchev–Trinajstić information content (AvgIpc) is 2.61. The van der Waals surface area contributed by atoms with Crippen LogP contribution in [0.4, 0.5) is 0 Å². The van der Waals surface area contributed by atoms with E-state index in [4.69, 9.17) is 0 Å². The summed E-state index contributed by atoms with van der Waals surface area (Å²) in [5.41, 5.74) is 0.620. The number of amides is 1. The largest absolute Gasteiger partial charge is 0.393 e. The molecule has 4 heteroatoms. The first-order valence-corrected chi connectivity index (χ1v) is 8.89. The van der Waals surface area contributed by atoms with Crippen LogP contribution in [-0.2, 0) is 0 Å². The molecule has 1 amide bonds. The fourth-order valence-electron chi connectivity index (χ4n) is 3.40. The normalized spacial score (nSPS) is 21.0. The minimum absolute atomic E-state index is 0.00678. The molecular formula is C20H25NO3. The highest BCUT2D eigenvalue weighted by Gasteiger charge is 2.26. The standard InChI is InChI=1S/C20H25NO3/c22-18-9-14-21(15-10-18)19(23)17-6-4-16(5-7-17)8-13-20(24)11-2-1-3-12-20/h4-7,18,22,24H,1-3,9-12,14-15H2. The van der Waals surface area contributed by atoms with Gasteiger partial charge in [-0.05, 0) is 62.8 Å². The summed E-state index contributed by atoms with van der Waals surface area (Å²) in [5.74, 6) is 6.07. The zero-order valence-corrected chi connectivity index (χ0v) is 14.0. The second kappa shape index (κ2) is 7.38. The van der Waals surface area contributed by atoms with Crippen LogP contribution in [0.25, 0.3) is 0 Å². The lowest BCUT2D eigenvalue weighted by molar-refractivity contribution is 0.0546. The number of carbonyl (C=O) groups excluding carboxylic acids is 1. The third-order valence-corrected chi connectivity index (χ3v) is 5.00. The molecule has 2 N–H and O–H groups in total. The topological polar surface area (TPSA) is 60.8 Å². The van der Waals surface area contributed by atoms with Crippen LogP contribution >= 0.6 is 0 Å². The lowest BCUT2D eigenvalue weighted by Gasteiger charge is -2.29. The summed E-state index contributed by atoms with van der Waals surface area (Å²) in [7, 11) is 0. The molecule has 0 atom stereocenters. The maximum Gasteiger partial charge on any atom is 0.253 e. The Hall–Kier alpha value is -1.83. The molecule has 2 fully saturated rings. The van der Waals surface area contributed by atoms with Gasteiger partial charge in [0.15, 0.2) is 0 Å². The highest BCUT2D eigenvalue weighted by Crippen LogP contribution is 2.27. The Balaban J connectivity index is 1.64. The van der Waals surface area contributed by atoms with Crippen molar-refractivity contribution in [2.45, 2.75) is 56.7 Å². The van der Waals surface area contributed by atoms with Crippen LogP contribution in [0.15, 0.2) is 24.3 Å². The Morgan fingerprint density at radius 3 is 2.33 bits per heavy atom. The van der Waals surface area contributed by atoms with Crippen molar-refractivity contribution in [2.24, 2.45) is 0 Å². The van der Waals surface area contributed by atoms with Crippen LogP contribution in [0, 0.1) is 11.8 Å². The quantitative estimate of drug-likeness (QED) is 0.778. The van der Waals surface area contributed by atoms with E-state index in [1.807, 2.05) is 12.1 Å². The molecule has 3 rings (SSSR count). The van der Waals surface area contributed by atoms with Crippen LogP contribution in [0.1, 0.15) is 60.9 Å². The zero-order valence-electron chi connectivity index (χ0n) is 14.0. The lowest BCUT2D eigenvalue weighted by atomic mass is 9.85. The number of hydrogen-bond acceptors (Lipinski definition) is 3. The van der Waals surface area contributed by atoms with Gasteiger partial charge in [-0.1, -0.05) is 18.3 Å². The van der Waals surface area contributed by atoms with Crippen LogP contribution in [0.2, 0.25) is 0 Å². The monoisotopic (exact) mass is 327 g/mol. The molecule has 1 aliphatic carbocycles. The van der Waals surface area contributed by atoms with Crippen molar-refractivity contribution in [1.29, 1.82) is 0 Å². The van der Waals surface area contributed by atoms with Gasteiger partial charge in [-0.3, -0.25) is 4.79 Å². The number of aliphatic hydroxyl groups is 2. The van der Waals surface area contributed by atoms with E-state index < -0.39 is 5.60 Å². The second-order valence-corrected chi connectivity index (χ2v) is 6.94. The van der Waals surface area contributed by atoms with E-state index in [9.17, 15) is 15.0 Å². The molecule has 1 heterocycles. The van der Waals surface area contributed by atoms with Crippen LogP contribution < -0.4 is 0 Å².